The van der Waals surface area contributed by atoms with Gasteiger partial charge in [0, 0.05) is 6.20 Å². The predicted octanol–water partition coefficient (Wildman–Crippen LogP) is 1.26. The summed E-state index contributed by atoms with van der Waals surface area (Å²) in [5, 5.41) is 16.2. The molecule has 0 radical (unpaired) electrons. The number of aliphatic hydroxyl groups is 1. The average Bonchev–Trinajstić information content (AvgIpc) is 3.05. The van der Waals surface area contributed by atoms with Crippen molar-refractivity contribution in [3.8, 4) is 0 Å². The first-order chi connectivity index (χ1) is 8.41. The molecule has 4 nitrogen and oxygen atoms in total. The second kappa shape index (κ2) is 4.55. The molecule has 1 heterocycles. The van der Waals surface area contributed by atoms with Crippen LogP contribution in [-0.4, -0.2) is 34.1 Å². The van der Waals surface area contributed by atoms with Crippen molar-refractivity contribution in [1.29, 1.82) is 0 Å². The van der Waals surface area contributed by atoms with E-state index in [4.69, 9.17) is 0 Å². The molecular formula is C11H16F3N3O. The van der Waals surface area contributed by atoms with E-state index >= 15 is 0 Å². The summed E-state index contributed by atoms with van der Waals surface area (Å²) < 4.78 is 38.6. The number of nitrogens with one attached hydrogen (secondary N) is 1. The van der Waals surface area contributed by atoms with Gasteiger partial charge in [0.05, 0.1) is 30.5 Å². The van der Waals surface area contributed by atoms with Crippen LogP contribution in [0.3, 0.4) is 0 Å². The summed E-state index contributed by atoms with van der Waals surface area (Å²) in [5.74, 6) is 0.297. The van der Waals surface area contributed by atoms with Gasteiger partial charge in [-0.3, -0.25) is 4.68 Å². The van der Waals surface area contributed by atoms with Gasteiger partial charge in [-0.05, 0) is 25.8 Å². The fraction of sp³-hybridized carbons (Fsp3) is 0.727. The van der Waals surface area contributed by atoms with Crippen molar-refractivity contribution >= 4 is 0 Å². The van der Waals surface area contributed by atoms with Crippen LogP contribution in [0.4, 0.5) is 13.2 Å². The van der Waals surface area contributed by atoms with Crippen molar-refractivity contribution in [2.24, 2.45) is 5.92 Å². The molecule has 1 aromatic heterocycles. The van der Waals surface area contributed by atoms with E-state index in [0.717, 1.165) is 25.2 Å². The molecule has 1 aromatic rings. The Morgan fingerprint density at radius 2 is 2.17 bits per heavy atom. The predicted molar refractivity (Wildman–Crippen MR) is 58.8 cm³/mol. The van der Waals surface area contributed by atoms with Crippen molar-refractivity contribution in [2.45, 2.75) is 31.1 Å². The first-order valence-electron chi connectivity index (χ1n) is 5.81. The highest BCUT2D eigenvalue weighted by molar-refractivity contribution is 5.09. The number of hydrogen-bond acceptors (Lipinski definition) is 3. The standard InChI is InChI=1S/C11H16F3N3O/c1-15-10(7-18,8-2-3-8)6-17-5-9(4-16-17)11(12,13)14/h4-5,8,15,18H,2-3,6-7H2,1H3. The first kappa shape index (κ1) is 13.4. The lowest BCUT2D eigenvalue weighted by atomic mass is 9.94. The number of halogens is 3. The Bertz CT molecular complexity index is 408. The molecule has 18 heavy (non-hydrogen) atoms. The first-order valence-corrected chi connectivity index (χ1v) is 5.81. The van der Waals surface area contributed by atoms with Gasteiger partial charge >= 0.3 is 6.18 Å². The van der Waals surface area contributed by atoms with E-state index in [1.165, 1.54) is 4.68 Å². The second-order valence-corrected chi connectivity index (χ2v) is 4.76. The van der Waals surface area contributed by atoms with E-state index in [1.54, 1.807) is 7.05 Å². The van der Waals surface area contributed by atoms with Crippen molar-refractivity contribution in [3.63, 3.8) is 0 Å². The summed E-state index contributed by atoms with van der Waals surface area (Å²) in [6, 6.07) is 0. The molecule has 7 heteroatoms. The topological polar surface area (TPSA) is 50.1 Å². The Labute approximate surface area is 103 Å². The summed E-state index contributed by atoms with van der Waals surface area (Å²) in [5.41, 5.74) is -1.34. The number of likely N-dealkylation sites (N-methyl/N-ethyl adjacent to an activating group) is 1. The van der Waals surface area contributed by atoms with Gasteiger partial charge in [-0.25, -0.2) is 0 Å². The molecule has 0 saturated heterocycles. The van der Waals surface area contributed by atoms with Gasteiger partial charge in [0.25, 0.3) is 0 Å². The van der Waals surface area contributed by atoms with Gasteiger partial charge < -0.3 is 10.4 Å². The third kappa shape index (κ3) is 2.51. The van der Waals surface area contributed by atoms with Crippen molar-refractivity contribution in [3.05, 3.63) is 18.0 Å². The molecule has 1 fully saturated rings. The second-order valence-electron chi connectivity index (χ2n) is 4.76. The average molecular weight is 263 g/mol. The summed E-state index contributed by atoms with van der Waals surface area (Å²) in [7, 11) is 1.71. The van der Waals surface area contributed by atoms with E-state index in [0.29, 0.717) is 5.92 Å². The quantitative estimate of drug-likeness (QED) is 0.841. The van der Waals surface area contributed by atoms with Gasteiger partial charge in [-0.1, -0.05) is 0 Å². The molecule has 1 saturated carbocycles. The Morgan fingerprint density at radius 3 is 2.56 bits per heavy atom. The Kier molecular flexibility index (Phi) is 3.37. The van der Waals surface area contributed by atoms with Gasteiger partial charge in [0.15, 0.2) is 0 Å². The van der Waals surface area contributed by atoms with Crippen LogP contribution in [-0.2, 0) is 12.7 Å². The van der Waals surface area contributed by atoms with Crippen LogP contribution in [0.5, 0.6) is 0 Å². The Hall–Kier alpha value is -1.08. The zero-order valence-corrected chi connectivity index (χ0v) is 10.0. The summed E-state index contributed by atoms with van der Waals surface area (Å²) >= 11 is 0. The normalized spacial score (nSPS) is 19.8. The number of hydrogen-bond donors (Lipinski definition) is 2. The molecule has 102 valence electrons. The smallest absolute Gasteiger partial charge is 0.394 e. The fourth-order valence-electron chi connectivity index (χ4n) is 2.19. The SMILES string of the molecule is CNC(CO)(Cn1cc(C(F)(F)F)cn1)C1CC1. The van der Waals surface area contributed by atoms with E-state index in [9.17, 15) is 18.3 Å². The lowest BCUT2D eigenvalue weighted by molar-refractivity contribution is -0.137. The van der Waals surface area contributed by atoms with Crippen LogP contribution in [0.25, 0.3) is 0 Å². The molecule has 0 spiro atoms. The van der Waals surface area contributed by atoms with Crippen molar-refractivity contribution in [1.82, 2.24) is 15.1 Å². The molecule has 1 aliphatic rings. The molecule has 0 bridgehead atoms. The van der Waals surface area contributed by atoms with Gasteiger partial charge in [0.1, 0.15) is 0 Å². The minimum Gasteiger partial charge on any atom is -0.394 e. The third-order valence-corrected chi connectivity index (χ3v) is 3.54. The van der Waals surface area contributed by atoms with Crippen LogP contribution in [0.15, 0.2) is 12.4 Å². The molecule has 2 rings (SSSR count). The maximum Gasteiger partial charge on any atom is 0.419 e. The number of aliphatic hydroxyl groups excluding tert-OH is 1. The summed E-state index contributed by atoms with van der Waals surface area (Å²) in [6.07, 6.45) is -0.627. The molecule has 0 amide bonds. The lowest BCUT2D eigenvalue weighted by Gasteiger charge is -2.31. The van der Waals surface area contributed by atoms with Crippen LogP contribution < -0.4 is 5.32 Å². The highest BCUT2D eigenvalue weighted by Crippen LogP contribution is 2.40. The molecule has 0 aliphatic heterocycles. The maximum absolute atomic E-state index is 12.5. The molecular weight excluding hydrogens is 247 g/mol. The molecule has 0 aromatic carbocycles. The van der Waals surface area contributed by atoms with Gasteiger partial charge in [-0.2, -0.15) is 18.3 Å². The fourth-order valence-corrected chi connectivity index (χ4v) is 2.19. The highest BCUT2D eigenvalue weighted by atomic mass is 19.4. The van der Waals surface area contributed by atoms with Crippen LogP contribution >= 0.6 is 0 Å². The molecule has 1 atom stereocenters. The molecule has 1 aliphatic carbocycles. The van der Waals surface area contributed by atoms with Crippen LogP contribution in [0, 0.1) is 5.92 Å². The zero-order chi connectivity index (χ0) is 13.4. The third-order valence-electron chi connectivity index (χ3n) is 3.54. The van der Waals surface area contributed by atoms with E-state index in [-0.39, 0.29) is 13.2 Å². The van der Waals surface area contributed by atoms with Gasteiger partial charge in [-0.15, -0.1) is 0 Å². The monoisotopic (exact) mass is 263 g/mol. The van der Waals surface area contributed by atoms with E-state index in [2.05, 4.69) is 10.4 Å². The molecule has 1 unspecified atom stereocenters. The van der Waals surface area contributed by atoms with Crippen LogP contribution in [0.1, 0.15) is 18.4 Å². The van der Waals surface area contributed by atoms with Crippen molar-refractivity contribution in [2.75, 3.05) is 13.7 Å². The summed E-state index contributed by atoms with van der Waals surface area (Å²) in [6.45, 7) is 0.121. The van der Waals surface area contributed by atoms with Crippen molar-refractivity contribution < 1.29 is 18.3 Å². The molecule has 2 N–H and O–H groups in total. The van der Waals surface area contributed by atoms with Crippen LogP contribution in [0.2, 0.25) is 0 Å². The zero-order valence-electron chi connectivity index (χ0n) is 10.0. The van der Waals surface area contributed by atoms with E-state index < -0.39 is 17.3 Å². The number of rotatable bonds is 5. The highest BCUT2D eigenvalue weighted by Gasteiger charge is 2.44. The Morgan fingerprint density at radius 1 is 1.50 bits per heavy atom. The minimum atomic E-state index is -4.38. The largest absolute Gasteiger partial charge is 0.419 e. The number of nitrogens with zero attached hydrogens (tertiary/aromatic N) is 2. The maximum atomic E-state index is 12.5. The van der Waals surface area contributed by atoms with E-state index in [1.807, 2.05) is 0 Å². The number of alkyl halides is 3. The minimum absolute atomic E-state index is 0.116. The summed E-state index contributed by atoms with van der Waals surface area (Å²) in [4.78, 5) is 0. The Balaban J connectivity index is 2.14. The lowest BCUT2D eigenvalue weighted by Crippen LogP contribution is -2.52. The number of aromatic nitrogens is 2. The van der Waals surface area contributed by atoms with Gasteiger partial charge in [0.2, 0.25) is 0 Å².